The van der Waals surface area contributed by atoms with Crippen LogP contribution in [0.5, 0.6) is 5.75 Å². The molecule has 2 N–H and O–H groups in total. The summed E-state index contributed by atoms with van der Waals surface area (Å²) < 4.78 is 37.8. The number of rotatable bonds is 3. The normalized spacial score (nSPS) is 18.7. The van der Waals surface area contributed by atoms with Crippen molar-refractivity contribution in [1.82, 2.24) is 0 Å². The summed E-state index contributed by atoms with van der Waals surface area (Å²) in [6, 6.07) is 1.69. The van der Waals surface area contributed by atoms with E-state index in [1.807, 2.05) is 0 Å². The van der Waals surface area contributed by atoms with E-state index in [9.17, 15) is 8.78 Å². The number of hydrogen-bond acceptors (Lipinski definition) is 3. The second-order valence-corrected chi connectivity index (χ2v) is 4.48. The molecule has 1 aliphatic rings. The molecule has 3 nitrogen and oxygen atoms in total. The molecule has 1 aromatic rings. The Balaban J connectivity index is 2.26. The van der Waals surface area contributed by atoms with Gasteiger partial charge in [-0.2, -0.15) is 0 Å². The molecule has 0 saturated carbocycles. The van der Waals surface area contributed by atoms with Crippen molar-refractivity contribution in [1.29, 1.82) is 0 Å². The fourth-order valence-corrected chi connectivity index (χ4v) is 2.31. The molecule has 0 bridgehead atoms. The van der Waals surface area contributed by atoms with Gasteiger partial charge in [-0.25, -0.2) is 8.78 Å². The Morgan fingerprint density at radius 3 is 2.33 bits per heavy atom. The standard InChI is InChI=1S/C13H17F2NO2/c1-17-9-6-10(14)12(11(15)7-9)13(16)8-2-4-18-5-3-8/h6-8,13H,2-5,16H2,1H3. The summed E-state index contributed by atoms with van der Waals surface area (Å²) in [4.78, 5) is 0. The zero-order valence-corrected chi connectivity index (χ0v) is 10.3. The summed E-state index contributed by atoms with van der Waals surface area (Å²) in [6.07, 6.45) is 1.46. The molecule has 18 heavy (non-hydrogen) atoms. The van der Waals surface area contributed by atoms with Gasteiger partial charge in [0.1, 0.15) is 17.4 Å². The predicted molar refractivity (Wildman–Crippen MR) is 63.4 cm³/mol. The molecule has 2 rings (SSSR count). The van der Waals surface area contributed by atoms with Crippen LogP contribution in [-0.4, -0.2) is 20.3 Å². The van der Waals surface area contributed by atoms with Gasteiger partial charge in [0.05, 0.1) is 7.11 Å². The summed E-state index contributed by atoms with van der Waals surface area (Å²) in [7, 11) is 1.37. The van der Waals surface area contributed by atoms with Gasteiger partial charge in [0.25, 0.3) is 0 Å². The van der Waals surface area contributed by atoms with Crippen molar-refractivity contribution in [2.45, 2.75) is 18.9 Å². The first-order valence-corrected chi connectivity index (χ1v) is 5.99. The largest absolute Gasteiger partial charge is 0.497 e. The fraction of sp³-hybridized carbons (Fsp3) is 0.538. The Bertz CT molecular complexity index is 396. The molecule has 1 heterocycles. The molecule has 0 aromatic heterocycles. The van der Waals surface area contributed by atoms with Crippen LogP contribution in [-0.2, 0) is 4.74 Å². The number of methoxy groups -OCH3 is 1. The average molecular weight is 257 g/mol. The lowest BCUT2D eigenvalue weighted by Crippen LogP contribution is -2.29. The second kappa shape index (κ2) is 5.63. The molecule has 1 saturated heterocycles. The van der Waals surface area contributed by atoms with Crippen molar-refractivity contribution < 1.29 is 18.3 Å². The van der Waals surface area contributed by atoms with E-state index in [1.165, 1.54) is 7.11 Å². The van der Waals surface area contributed by atoms with Crippen LogP contribution in [0.1, 0.15) is 24.4 Å². The quantitative estimate of drug-likeness (QED) is 0.904. The molecule has 100 valence electrons. The Kier molecular flexibility index (Phi) is 4.14. The van der Waals surface area contributed by atoms with Gasteiger partial charge in [0.15, 0.2) is 0 Å². The van der Waals surface area contributed by atoms with Crippen molar-refractivity contribution in [3.63, 3.8) is 0 Å². The molecule has 1 aromatic carbocycles. The van der Waals surface area contributed by atoms with Gasteiger partial charge < -0.3 is 15.2 Å². The topological polar surface area (TPSA) is 44.5 Å². The van der Waals surface area contributed by atoms with Crippen LogP contribution in [0.4, 0.5) is 8.78 Å². The summed E-state index contributed by atoms with van der Waals surface area (Å²) >= 11 is 0. The van der Waals surface area contributed by atoms with Gasteiger partial charge >= 0.3 is 0 Å². The number of hydrogen-bond donors (Lipinski definition) is 1. The first-order valence-electron chi connectivity index (χ1n) is 5.99. The third kappa shape index (κ3) is 2.62. The maximum absolute atomic E-state index is 13.9. The molecule has 0 aliphatic carbocycles. The van der Waals surface area contributed by atoms with E-state index < -0.39 is 17.7 Å². The van der Waals surface area contributed by atoms with Gasteiger partial charge in [-0.05, 0) is 18.8 Å². The summed E-state index contributed by atoms with van der Waals surface area (Å²) in [5, 5.41) is 0. The molecule has 0 amide bonds. The average Bonchev–Trinajstić information content (AvgIpc) is 2.38. The van der Waals surface area contributed by atoms with E-state index in [4.69, 9.17) is 15.2 Å². The Morgan fingerprint density at radius 2 is 1.83 bits per heavy atom. The second-order valence-electron chi connectivity index (χ2n) is 4.48. The van der Waals surface area contributed by atoms with Crippen LogP contribution in [0.3, 0.4) is 0 Å². The van der Waals surface area contributed by atoms with Crippen LogP contribution in [0, 0.1) is 17.6 Å². The minimum Gasteiger partial charge on any atom is -0.497 e. The van der Waals surface area contributed by atoms with E-state index in [0.717, 1.165) is 25.0 Å². The molecule has 0 spiro atoms. The van der Waals surface area contributed by atoms with E-state index in [-0.39, 0.29) is 17.2 Å². The molecule has 1 fully saturated rings. The van der Waals surface area contributed by atoms with E-state index in [1.54, 1.807) is 0 Å². The zero-order chi connectivity index (χ0) is 13.1. The molecule has 1 unspecified atom stereocenters. The number of nitrogens with two attached hydrogens (primary N) is 1. The highest BCUT2D eigenvalue weighted by atomic mass is 19.1. The molecule has 0 radical (unpaired) electrons. The Morgan fingerprint density at radius 1 is 1.28 bits per heavy atom. The van der Waals surface area contributed by atoms with Crippen molar-refractivity contribution in [2.75, 3.05) is 20.3 Å². The lowest BCUT2D eigenvalue weighted by Gasteiger charge is -2.28. The van der Waals surface area contributed by atoms with Crippen molar-refractivity contribution in [3.05, 3.63) is 29.3 Å². The minimum atomic E-state index is -0.647. The highest BCUT2D eigenvalue weighted by molar-refractivity contribution is 5.32. The van der Waals surface area contributed by atoms with Gasteiger partial charge in [-0.1, -0.05) is 0 Å². The van der Waals surface area contributed by atoms with Gasteiger partial charge in [-0.3, -0.25) is 0 Å². The highest BCUT2D eigenvalue weighted by Gasteiger charge is 2.27. The molecule has 5 heteroatoms. The van der Waals surface area contributed by atoms with Crippen molar-refractivity contribution >= 4 is 0 Å². The SMILES string of the molecule is COc1cc(F)c(C(N)C2CCOCC2)c(F)c1. The van der Waals surface area contributed by atoms with E-state index in [0.29, 0.717) is 13.2 Å². The van der Waals surface area contributed by atoms with Crippen LogP contribution < -0.4 is 10.5 Å². The van der Waals surface area contributed by atoms with Crippen molar-refractivity contribution in [3.8, 4) is 5.75 Å². The fourth-order valence-electron chi connectivity index (χ4n) is 2.31. The third-order valence-corrected chi connectivity index (χ3v) is 3.40. The maximum Gasteiger partial charge on any atom is 0.134 e. The lowest BCUT2D eigenvalue weighted by molar-refractivity contribution is 0.0575. The first kappa shape index (κ1) is 13.2. The number of benzene rings is 1. The van der Waals surface area contributed by atoms with Gasteiger partial charge in [0.2, 0.25) is 0 Å². The molecular formula is C13H17F2NO2. The zero-order valence-electron chi connectivity index (χ0n) is 10.3. The summed E-state index contributed by atoms with van der Waals surface area (Å²) in [5.41, 5.74) is 5.93. The van der Waals surface area contributed by atoms with Crippen LogP contribution >= 0.6 is 0 Å². The third-order valence-electron chi connectivity index (χ3n) is 3.40. The summed E-state index contributed by atoms with van der Waals surface area (Å²) in [5.74, 6) is -1.08. The molecule has 1 atom stereocenters. The first-order chi connectivity index (χ1) is 8.63. The van der Waals surface area contributed by atoms with Crippen LogP contribution in [0.15, 0.2) is 12.1 Å². The van der Waals surface area contributed by atoms with Gasteiger partial charge in [-0.15, -0.1) is 0 Å². The van der Waals surface area contributed by atoms with Gasteiger partial charge in [0, 0.05) is 37.0 Å². The lowest BCUT2D eigenvalue weighted by atomic mass is 9.87. The van der Waals surface area contributed by atoms with E-state index in [2.05, 4.69) is 0 Å². The van der Waals surface area contributed by atoms with Crippen LogP contribution in [0.25, 0.3) is 0 Å². The maximum atomic E-state index is 13.9. The highest BCUT2D eigenvalue weighted by Crippen LogP contribution is 2.32. The Hall–Kier alpha value is -1.20. The van der Waals surface area contributed by atoms with Crippen molar-refractivity contribution in [2.24, 2.45) is 11.7 Å². The monoisotopic (exact) mass is 257 g/mol. The number of halogens is 2. The van der Waals surface area contributed by atoms with E-state index >= 15 is 0 Å². The predicted octanol–water partition coefficient (Wildman–Crippen LogP) is 2.40. The number of ether oxygens (including phenoxy) is 2. The smallest absolute Gasteiger partial charge is 0.134 e. The molecular weight excluding hydrogens is 240 g/mol. The molecule has 1 aliphatic heterocycles. The Labute approximate surface area is 105 Å². The summed E-state index contributed by atoms with van der Waals surface area (Å²) in [6.45, 7) is 1.19. The minimum absolute atomic E-state index is 0.0520. The van der Waals surface area contributed by atoms with Crippen LogP contribution in [0.2, 0.25) is 0 Å².